The van der Waals surface area contributed by atoms with Gasteiger partial charge in [-0.25, -0.2) is 4.79 Å². The van der Waals surface area contributed by atoms with Crippen molar-refractivity contribution >= 4 is 12.2 Å². The third kappa shape index (κ3) is 3.10. The molecule has 0 aromatic heterocycles. The van der Waals surface area contributed by atoms with Gasteiger partial charge in [0.2, 0.25) is 0 Å². The van der Waals surface area contributed by atoms with Gasteiger partial charge in [-0.2, -0.15) is 0 Å². The number of para-hydroxylation sites is 1. The van der Waals surface area contributed by atoms with E-state index in [-0.39, 0.29) is 5.75 Å². The van der Waals surface area contributed by atoms with Gasteiger partial charge in [0.1, 0.15) is 0 Å². The highest BCUT2D eigenvalue weighted by atomic mass is 16.5. The normalized spacial score (nSPS) is 12.4. The lowest BCUT2D eigenvalue weighted by Crippen LogP contribution is -2.23. The molecule has 0 amide bonds. The minimum atomic E-state index is -1.09. The van der Waals surface area contributed by atoms with Gasteiger partial charge in [0.05, 0.1) is 13.3 Å². The number of carbonyl (C=O) groups is 1. The molecule has 0 saturated carbocycles. The van der Waals surface area contributed by atoms with Crippen LogP contribution in [0.3, 0.4) is 0 Å². The van der Waals surface area contributed by atoms with Crippen molar-refractivity contribution in [3.8, 4) is 11.5 Å². The summed E-state index contributed by atoms with van der Waals surface area (Å²) >= 11 is 0. The Labute approximate surface area is 98.1 Å². The average molecular weight is 239 g/mol. The fourth-order valence-electron chi connectivity index (χ4n) is 1.21. The molecule has 0 unspecified atom stereocenters. The van der Waals surface area contributed by atoms with Gasteiger partial charge in [-0.1, -0.05) is 11.2 Å². The molecule has 6 heteroatoms. The number of hydrogen-bond donors (Lipinski definition) is 2. The molecule has 0 saturated heterocycles. The van der Waals surface area contributed by atoms with Crippen LogP contribution in [-0.2, 0) is 4.79 Å². The summed E-state index contributed by atoms with van der Waals surface area (Å²) in [4.78, 5) is 10.7. The fraction of sp³-hybridized carbons (Fsp3) is 0.273. The monoisotopic (exact) mass is 239 g/mol. The number of oxime groups is 1. The van der Waals surface area contributed by atoms with E-state index in [2.05, 4.69) is 5.16 Å². The minimum Gasteiger partial charge on any atom is -0.493 e. The summed E-state index contributed by atoms with van der Waals surface area (Å²) < 4.78 is 10.3. The van der Waals surface area contributed by atoms with Gasteiger partial charge in [0, 0.05) is 5.56 Å². The van der Waals surface area contributed by atoms with Crippen molar-refractivity contribution in [2.75, 3.05) is 7.11 Å². The number of carboxylic acids is 1. The summed E-state index contributed by atoms with van der Waals surface area (Å²) in [6, 6.07) is 4.92. The van der Waals surface area contributed by atoms with Gasteiger partial charge in [-0.3, -0.25) is 0 Å². The maximum absolute atomic E-state index is 10.7. The number of hydrogen-bond acceptors (Lipinski definition) is 5. The van der Waals surface area contributed by atoms with Crippen molar-refractivity contribution in [3.05, 3.63) is 23.8 Å². The van der Waals surface area contributed by atoms with Crippen molar-refractivity contribution in [2.24, 2.45) is 5.16 Å². The van der Waals surface area contributed by atoms with E-state index in [1.54, 1.807) is 18.2 Å². The van der Waals surface area contributed by atoms with Crippen LogP contribution in [-0.4, -0.2) is 35.7 Å². The molecule has 17 heavy (non-hydrogen) atoms. The van der Waals surface area contributed by atoms with Crippen LogP contribution in [0.4, 0.5) is 0 Å². The Balaban J connectivity index is 3.12. The van der Waals surface area contributed by atoms with Crippen LogP contribution in [0, 0.1) is 0 Å². The number of ether oxygens (including phenoxy) is 2. The molecule has 1 atom stereocenters. The van der Waals surface area contributed by atoms with Crippen LogP contribution in [0.15, 0.2) is 23.4 Å². The predicted octanol–water partition coefficient (Wildman–Crippen LogP) is 1.36. The summed E-state index contributed by atoms with van der Waals surface area (Å²) in [5, 5.41) is 20.2. The topological polar surface area (TPSA) is 88.4 Å². The van der Waals surface area contributed by atoms with Crippen LogP contribution in [0.5, 0.6) is 11.5 Å². The lowest BCUT2D eigenvalue weighted by Gasteiger charge is -2.15. The molecule has 92 valence electrons. The van der Waals surface area contributed by atoms with Crippen molar-refractivity contribution in [1.82, 2.24) is 0 Å². The Morgan fingerprint density at radius 2 is 2.24 bits per heavy atom. The Bertz CT molecular complexity index is 430. The van der Waals surface area contributed by atoms with Crippen LogP contribution in [0.1, 0.15) is 12.5 Å². The highest BCUT2D eigenvalue weighted by molar-refractivity contribution is 5.85. The van der Waals surface area contributed by atoms with E-state index < -0.39 is 12.1 Å². The number of rotatable bonds is 5. The lowest BCUT2D eigenvalue weighted by molar-refractivity contribution is -0.144. The van der Waals surface area contributed by atoms with Gasteiger partial charge in [0.15, 0.2) is 17.6 Å². The summed E-state index contributed by atoms with van der Waals surface area (Å²) in [5.74, 6) is -0.499. The van der Waals surface area contributed by atoms with Crippen molar-refractivity contribution in [2.45, 2.75) is 13.0 Å². The van der Waals surface area contributed by atoms with E-state index >= 15 is 0 Å². The zero-order valence-corrected chi connectivity index (χ0v) is 9.45. The molecule has 0 radical (unpaired) electrons. The molecule has 0 fully saturated rings. The predicted molar refractivity (Wildman–Crippen MR) is 60.1 cm³/mol. The molecule has 1 aromatic carbocycles. The third-order valence-electron chi connectivity index (χ3n) is 2.07. The largest absolute Gasteiger partial charge is 0.493 e. The van der Waals surface area contributed by atoms with E-state index in [0.29, 0.717) is 11.3 Å². The standard InChI is InChI=1S/C11H13NO5/c1-7(11(13)14)17-10-8(6-12-15)4-3-5-9(10)16-2/h3-7,15H,1-2H3,(H,13,14)/t7-/m0/s1. The van der Waals surface area contributed by atoms with Crippen molar-refractivity contribution < 1.29 is 24.6 Å². The van der Waals surface area contributed by atoms with Gasteiger partial charge < -0.3 is 19.8 Å². The molecule has 0 aliphatic rings. The van der Waals surface area contributed by atoms with Gasteiger partial charge in [0.25, 0.3) is 0 Å². The Morgan fingerprint density at radius 3 is 2.76 bits per heavy atom. The molecule has 2 N–H and O–H groups in total. The van der Waals surface area contributed by atoms with Crippen LogP contribution in [0.2, 0.25) is 0 Å². The highest BCUT2D eigenvalue weighted by Crippen LogP contribution is 2.30. The fourth-order valence-corrected chi connectivity index (χ4v) is 1.21. The molecule has 0 aliphatic heterocycles. The maximum Gasteiger partial charge on any atom is 0.344 e. The number of carboxylic acid groups (broad SMARTS) is 1. The molecular formula is C11H13NO5. The molecule has 0 heterocycles. The second-order valence-electron chi connectivity index (χ2n) is 3.22. The SMILES string of the molecule is COc1cccc(C=NO)c1O[C@@H](C)C(=O)O. The van der Waals surface area contributed by atoms with Crippen molar-refractivity contribution in [3.63, 3.8) is 0 Å². The van der Waals surface area contributed by atoms with E-state index in [1.807, 2.05) is 0 Å². The Kier molecular flexibility index (Phi) is 4.33. The van der Waals surface area contributed by atoms with Crippen LogP contribution >= 0.6 is 0 Å². The first-order chi connectivity index (χ1) is 8.10. The number of benzene rings is 1. The van der Waals surface area contributed by atoms with E-state index in [4.69, 9.17) is 19.8 Å². The third-order valence-corrected chi connectivity index (χ3v) is 2.07. The molecule has 0 aliphatic carbocycles. The number of methoxy groups -OCH3 is 1. The van der Waals surface area contributed by atoms with Gasteiger partial charge >= 0.3 is 5.97 Å². The van der Waals surface area contributed by atoms with Crippen molar-refractivity contribution in [1.29, 1.82) is 0 Å². The Morgan fingerprint density at radius 1 is 1.53 bits per heavy atom. The Hall–Kier alpha value is -2.24. The minimum absolute atomic E-state index is 0.225. The zero-order chi connectivity index (χ0) is 12.8. The van der Waals surface area contributed by atoms with E-state index in [1.165, 1.54) is 14.0 Å². The lowest BCUT2D eigenvalue weighted by atomic mass is 10.2. The zero-order valence-electron chi connectivity index (χ0n) is 9.45. The summed E-state index contributed by atoms with van der Waals surface area (Å²) in [7, 11) is 1.44. The molecule has 0 bridgehead atoms. The van der Waals surface area contributed by atoms with Gasteiger partial charge in [-0.15, -0.1) is 0 Å². The first-order valence-corrected chi connectivity index (χ1v) is 4.84. The first kappa shape index (κ1) is 12.8. The summed E-state index contributed by atoms with van der Waals surface area (Å²) in [6.07, 6.45) is 0.115. The molecule has 0 spiro atoms. The first-order valence-electron chi connectivity index (χ1n) is 4.84. The van der Waals surface area contributed by atoms with Crippen LogP contribution in [0.25, 0.3) is 0 Å². The molecule has 1 rings (SSSR count). The van der Waals surface area contributed by atoms with E-state index in [0.717, 1.165) is 6.21 Å². The maximum atomic E-state index is 10.7. The van der Waals surface area contributed by atoms with Gasteiger partial charge in [-0.05, 0) is 19.1 Å². The molecule has 1 aromatic rings. The number of nitrogens with zero attached hydrogens (tertiary/aromatic N) is 1. The summed E-state index contributed by atoms with van der Waals surface area (Å²) in [5.41, 5.74) is 0.431. The summed E-state index contributed by atoms with van der Waals surface area (Å²) in [6.45, 7) is 1.40. The average Bonchev–Trinajstić information content (AvgIpc) is 2.31. The van der Waals surface area contributed by atoms with E-state index in [9.17, 15) is 4.79 Å². The molecule has 6 nitrogen and oxygen atoms in total. The highest BCUT2D eigenvalue weighted by Gasteiger charge is 2.17. The van der Waals surface area contributed by atoms with Crippen LogP contribution < -0.4 is 9.47 Å². The number of aliphatic carboxylic acids is 1. The second kappa shape index (κ2) is 5.74. The second-order valence-corrected chi connectivity index (χ2v) is 3.22. The quantitative estimate of drug-likeness (QED) is 0.460. The smallest absolute Gasteiger partial charge is 0.344 e. The molecular weight excluding hydrogens is 226 g/mol.